The predicted molar refractivity (Wildman–Crippen MR) is 101 cm³/mol. The lowest BCUT2D eigenvalue weighted by Crippen LogP contribution is -2.44. The number of nitrogens with one attached hydrogen (secondary N) is 2. The fraction of sp³-hybridized carbons (Fsp3) is 0.562. The minimum Gasteiger partial charge on any atom is -0.481 e. The van der Waals surface area contributed by atoms with Crippen molar-refractivity contribution in [3.63, 3.8) is 0 Å². The van der Waals surface area contributed by atoms with Crippen molar-refractivity contribution in [2.75, 3.05) is 39.3 Å². The van der Waals surface area contributed by atoms with Gasteiger partial charge in [-0.15, -0.1) is 12.4 Å². The van der Waals surface area contributed by atoms with Crippen LogP contribution < -0.4 is 15.4 Å². The number of rotatable bonds is 7. The molecular weight excluding hydrogens is 373 g/mol. The second-order valence-corrected chi connectivity index (χ2v) is 6.39. The number of amides is 1. The number of benzene rings is 1. The lowest BCUT2D eigenvalue weighted by Gasteiger charge is -2.27. The van der Waals surface area contributed by atoms with Gasteiger partial charge in [0, 0.05) is 38.8 Å². The molecule has 1 amide bonds. The number of hydrogen-bond acceptors (Lipinski definition) is 4. The van der Waals surface area contributed by atoms with E-state index in [4.69, 9.17) is 27.9 Å². The van der Waals surface area contributed by atoms with E-state index >= 15 is 0 Å². The molecule has 0 radical (unpaired) electrons. The second-order valence-electron chi connectivity index (χ2n) is 5.57. The van der Waals surface area contributed by atoms with Gasteiger partial charge in [-0.05, 0) is 32.0 Å². The van der Waals surface area contributed by atoms with E-state index in [0.29, 0.717) is 22.3 Å². The van der Waals surface area contributed by atoms with Crippen LogP contribution in [0.25, 0.3) is 0 Å². The minimum atomic E-state index is -0.577. The van der Waals surface area contributed by atoms with Gasteiger partial charge in [0.1, 0.15) is 5.75 Å². The Labute approximate surface area is 159 Å². The number of carbonyl (C=O) groups is 1. The number of carbonyl (C=O) groups excluding carboxylic acids is 1. The number of nitrogens with zero attached hydrogens (tertiary/aromatic N) is 1. The zero-order valence-corrected chi connectivity index (χ0v) is 16.0. The van der Waals surface area contributed by atoms with Crippen LogP contribution >= 0.6 is 35.6 Å². The van der Waals surface area contributed by atoms with Gasteiger partial charge in [0.25, 0.3) is 5.91 Å². The SMILES string of the molecule is CC(Oc1ccc(Cl)c(Cl)c1)C(=O)NCCCN1CCNCC1.Cl. The first-order valence-corrected chi connectivity index (χ1v) is 8.64. The normalized spacial score (nSPS) is 16.1. The van der Waals surface area contributed by atoms with Gasteiger partial charge >= 0.3 is 0 Å². The maximum Gasteiger partial charge on any atom is 0.260 e. The quantitative estimate of drug-likeness (QED) is 0.696. The van der Waals surface area contributed by atoms with Crippen molar-refractivity contribution >= 4 is 41.5 Å². The maximum atomic E-state index is 12.0. The van der Waals surface area contributed by atoms with E-state index in [1.165, 1.54) is 0 Å². The van der Waals surface area contributed by atoms with Crippen molar-refractivity contribution in [1.82, 2.24) is 15.5 Å². The lowest BCUT2D eigenvalue weighted by atomic mass is 10.3. The van der Waals surface area contributed by atoms with E-state index in [0.717, 1.165) is 39.1 Å². The third kappa shape index (κ3) is 7.03. The van der Waals surface area contributed by atoms with Gasteiger partial charge in [0.05, 0.1) is 10.0 Å². The number of halogens is 3. The first kappa shape index (κ1) is 21.3. The fourth-order valence-corrected chi connectivity index (χ4v) is 2.69. The molecule has 24 heavy (non-hydrogen) atoms. The molecule has 2 N–H and O–H groups in total. The summed E-state index contributed by atoms with van der Waals surface area (Å²) in [5, 5.41) is 7.10. The third-order valence-corrected chi connectivity index (χ3v) is 4.47. The molecule has 1 aromatic carbocycles. The molecule has 1 atom stereocenters. The Morgan fingerprint density at radius 2 is 2.04 bits per heavy atom. The summed E-state index contributed by atoms with van der Waals surface area (Å²) in [5.41, 5.74) is 0. The van der Waals surface area contributed by atoms with Crippen LogP contribution in [0.1, 0.15) is 13.3 Å². The van der Waals surface area contributed by atoms with Gasteiger partial charge in [-0.2, -0.15) is 0 Å². The van der Waals surface area contributed by atoms with Gasteiger partial charge in [-0.25, -0.2) is 0 Å². The van der Waals surface area contributed by atoms with Crippen LogP contribution in [0, 0.1) is 0 Å². The molecule has 1 aliphatic heterocycles. The van der Waals surface area contributed by atoms with Crippen LogP contribution in [0.15, 0.2) is 18.2 Å². The van der Waals surface area contributed by atoms with Gasteiger partial charge in [-0.3, -0.25) is 4.79 Å². The first-order valence-electron chi connectivity index (χ1n) is 7.89. The van der Waals surface area contributed by atoms with E-state index in [-0.39, 0.29) is 18.3 Å². The summed E-state index contributed by atoms with van der Waals surface area (Å²) in [6.45, 7) is 7.60. The lowest BCUT2D eigenvalue weighted by molar-refractivity contribution is -0.127. The van der Waals surface area contributed by atoms with Crippen LogP contribution in [0.2, 0.25) is 10.0 Å². The smallest absolute Gasteiger partial charge is 0.260 e. The first-order chi connectivity index (χ1) is 11.1. The van der Waals surface area contributed by atoms with E-state index in [2.05, 4.69) is 15.5 Å². The third-order valence-electron chi connectivity index (χ3n) is 3.73. The summed E-state index contributed by atoms with van der Waals surface area (Å²) in [4.78, 5) is 14.4. The predicted octanol–water partition coefficient (Wildman–Crippen LogP) is 2.59. The molecule has 2 rings (SSSR count). The summed E-state index contributed by atoms with van der Waals surface area (Å²) < 4.78 is 5.59. The largest absolute Gasteiger partial charge is 0.481 e. The van der Waals surface area contributed by atoms with Crippen molar-refractivity contribution < 1.29 is 9.53 Å². The number of piperazine rings is 1. The Bertz CT molecular complexity index is 525. The van der Waals surface area contributed by atoms with Gasteiger partial charge in [0.15, 0.2) is 6.10 Å². The average molecular weight is 397 g/mol. The standard InChI is InChI=1S/C16H23Cl2N3O2.ClH/c1-12(23-13-3-4-14(17)15(18)11-13)16(22)20-5-2-8-21-9-6-19-7-10-21;/h3-4,11-12,19H,2,5-10H2,1H3,(H,20,22);1H. The van der Waals surface area contributed by atoms with Gasteiger partial charge in [0.2, 0.25) is 0 Å². The van der Waals surface area contributed by atoms with E-state index in [1.54, 1.807) is 25.1 Å². The molecule has 0 spiro atoms. The highest BCUT2D eigenvalue weighted by molar-refractivity contribution is 6.42. The fourth-order valence-electron chi connectivity index (χ4n) is 2.40. The summed E-state index contributed by atoms with van der Waals surface area (Å²) in [6, 6.07) is 4.96. The molecule has 1 aromatic rings. The molecule has 1 aliphatic rings. The van der Waals surface area contributed by atoms with Crippen molar-refractivity contribution in [2.45, 2.75) is 19.4 Å². The summed E-state index contributed by atoms with van der Waals surface area (Å²) in [5.74, 6) is 0.402. The zero-order valence-electron chi connectivity index (χ0n) is 13.7. The Morgan fingerprint density at radius 3 is 2.71 bits per heavy atom. The zero-order chi connectivity index (χ0) is 16.7. The minimum absolute atomic E-state index is 0. The molecule has 1 heterocycles. The van der Waals surface area contributed by atoms with Crippen molar-refractivity contribution in [3.05, 3.63) is 28.2 Å². The molecule has 1 saturated heterocycles. The van der Waals surface area contributed by atoms with E-state index < -0.39 is 6.10 Å². The Morgan fingerprint density at radius 1 is 1.33 bits per heavy atom. The molecule has 5 nitrogen and oxygen atoms in total. The van der Waals surface area contributed by atoms with E-state index in [9.17, 15) is 4.79 Å². The topological polar surface area (TPSA) is 53.6 Å². The highest BCUT2D eigenvalue weighted by Crippen LogP contribution is 2.26. The molecule has 1 unspecified atom stereocenters. The molecule has 0 bridgehead atoms. The maximum absolute atomic E-state index is 12.0. The molecule has 1 fully saturated rings. The molecule has 0 aromatic heterocycles. The average Bonchev–Trinajstić information content (AvgIpc) is 2.55. The molecular formula is C16H24Cl3N3O2. The number of ether oxygens (including phenoxy) is 1. The van der Waals surface area contributed by atoms with Gasteiger partial charge < -0.3 is 20.3 Å². The monoisotopic (exact) mass is 395 g/mol. The van der Waals surface area contributed by atoms with Gasteiger partial charge in [-0.1, -0.05) is 23.2 Å². The molecule has 0 saturated carbocycles. The van der Waals surface area contributed by atoms with Crippen molar-refractivity contribution in [1.29, 1.82) is 0 Å². The Balaban J connectivity index is 0.00000288. The molecule has 8 heteroatoms. The van der Waals surface area contributed by atoms with Crippen molar-refractivity contribution in [2.24, 2.45) is 0 Å². The van der Waals surface area contributed by atoms with Crippen LogP contribution in [-0.2, 0) is 4.79 Å². The summed E-state index contributed by atoms with van der Waals surface area (Å²) in [6.07, 6.45) is 0.358. The van der Waals surface area contributed by atoms with Crippen LogP contribution in [0.3, 0.4) is 0 Å². The highest BCUT2D eigenvalue weighted by atomic mass is 35.5. The second kappa shape index (κ2) is 11.0. The Kier molecular flexibility index (Phi) is 9.78. The molecule has 136 valence electrons. The summed E-state index contributed by atoms with van der Waals surface area (Å²) in [7, 11) is 0. The van der Waals surface area contributed by atoms with E-state index in [1.807, 2.05) is 0 Å². The van der Waals surface area contributed by atoms with Crippen LogP contribution in [0.5, 0.6) is 5.75 Å². The van der Waals surface area contributed by atoms with Crippen LogP contribution in [0.4, 0.5) is 0 Å². The highest BCUT2D eigenvalue weighted by Gasteiger charge is 2.15. The number of hydrogen-bond donors (Lipinski definition) is 2. The summed E-state index contributed by atoms with van der Waals surface area (Å²) >= 11 is 11.8. The molecule has 0 aliphatic carbocycles. The van der Waals surface area contributed by atoms with Crippen LogP contribution in [-0.4, -0.2) is 56.2 Å². The Hall–Kier alpha value is -0.720. The van der Waals surface area contributed by atoms with Crippen molar-refractivity contribution in [3.8, 4) is 5.75 Å².